The molecule has 0 saturated carbocycles. The molecule has 29 heavy (non-hydrogen) atoms. The number of nitrogens with two attached hydrogens (primary N) is 1. The van der Waals surface area contributed by atoms with E-state index in [1.807, 2.05) is 0 Å². The van der Waals surface area contributed by atoms with Crippen LogP contribution in [0.4, 0.5) is 18.9 Å². The topological polar surface area (TPSA) is 99.9 Å². The van der Waals surface area contributed by atoms with Gasteiger partial charge in [0.2, 0.25) is 6.79 Å². The van der Waals surface area contributed by atoms with Gasteiger partial charge in [0.05, 0.1) is 11.1 Å². The maximum Gasteiger partial charge on any atom is 0.416 e. The highest BCUT2D eigenvalue weighted by Gasteiger charge is 2.31. The number of anilines is 1. The molecule has 0 bridgehead atoms. The number of fused-ring (bicyclic) bond motifs is 1. The summed E-state index contributed by atoms with van der Waals surface area (Å²) in [5.74, 6) is -0.408. The van der Waals surface area contributed by atoms with Gasteiger partial charge in [-0.15, -0.1) is 0 Å². The third-order valence-electron chi connectivity index (χ3n) is 4.16. The van der Waals surface area contributed by atoms with Gasteiger partial charge in [-0.1, -0.05) is 6.07 Å². The van der Waals surface area contributed by atoms with Crippen molar-refractivity contribution in [3.8, 4) is 11.5 Å². The zero-order chi connectivity index (χ0) is 21.2. The van der Waals surface area contributed by atoms with Crippen molar-refractivity contribution >= 4 is 17.6 Å². The number of rotatable bonds is 5. The molecule has 3 N–H and O–H groups in total. The zero-order valence-corrected chi connectivity index (χ0v) is 15.2. The number of amides is 1. The quantitative estimate of drug-likeness (QED) is 0.581. The first-order valence-corrected chi connectivity index (χ1v) is 8.49. The van der Waals surface area contributed by atoms with Crippen LogP contribution >= 0.6 is 0 Å². The highest BCUT2D eigenvalue weighted by molar-refractivity contribution is 5.96. The summed E-state index contributed by atoms with van der Waals surface area (Å²) in [5.41, 5.74) is 4.64. The van der Waals surface area contributed by atoms with Crippen molar-refractivity contribution in [2.75, 3.05) is 12.5 Å². The summed E-state index contributed by atoms with van der Waals surface area (Å²) in [6.45, 7) is 1.62. The predicted octanol–water partition coefficient (Wildman–Crippen LogP) is 2.88. The number of alkyl halides is 3. The number of halogens is 3. The Kier molecular flexibility index (Phi) is 5.53. The monoisotopic (exact) mass is 410 g/mol. The molecule has 2 aromatic rings. The number of ether oxygens (including phenoxy) is 3. The number of esters is 1. The zero-order valence-electron chi connectivity index (χ0n) is 15.2. The Bertz CT molecular complexity index is 946. The summed E-state index contributed by atoms with van der Waals surface area (Å²) in [6.07, 6.45) is -5.77. The molecule has 0 fully saturated rings. The number of hydrogen-bond donors (Lipinski definition) is 2. The van der Waals surface area contributed by atoms with Gasteiger partial charge in [0.25, 0.3) is 5.91 Å². The Morgan fingerprint density at radius 3 is 2.59 bits per heavy atom. The predicted molar refractivity (Wildman–Crippen MR) is 95.1 cm³/mol. The van der Waals surface area contributed by atoms with Crippen LogP contribution in [0.1, 0.15) is 28.4 Å². The number of benzene rings is 2. The van der Waals surface area contributed by atoms with Gasteiger partial charge >= 0.3 is 12.1 Å². The van der Waals surface area contributed by atoms with Crippen LogP contribution in [0.25, 0.3) is 0 Å². The van der Waals surface area contributed by atoms with Crippen LogP contribution < -0.4 is 20.5 Å². The van der Waals surface area contributed by atoms with E-state index in [1.165, 1.54) is 6.92 Å². The molecule has 1 amide bonds. The first-order chi connectivity index (χ1) is 13.6. The molecule has 0 unspecified atom stereocenters. The van der Waals surface area contributed by atoms with Crippen LogP contribution in [-0.2, 0) is 22.3 Å². The third kappa shape index (κ3) is 4.71. The van der Waals surface area contributed by atoms with Gasteiger partial charge in [0, 0.05) is 12.2 Å². The molecular formula is C19H17F3N2O5. The molecule has 0 spiro atoms. The Morgan fingerprint density at radius 1 is 1.17 bits per heavy atom. The first-order valence-electron chi connectivity index (χ1n) is 8.49. The molecule has 1 heterocycles. The second-order valence-corrected chi connectivity index (χ2v) is 6.25. The van der Waals surface area contributed by atoms with E-state index >= 15 is 0 Å². The number of hydrogen-bond acceptors (Lipinski definition) is 6. The van der Waals surface area contributed by atoms with Gasteiger partial charge in [-0.3, -0.25) is 4.79 Å². The van der Waals surface area contributed by atoms with E-state index in [0.29, 0.717) is 17.6 Å². The molecule has 1 atom stereocenters. The highest BCUT2D eigenvalue weighted by atomic mass is 19.4. The van der Waals surface area contributed by atoms with E-state index in [0.717, 1.165) is 17.7 Å². The minimum absolute atomic E-state index is 0.130. The fourth-order valence-electron chi connectivity index (χ4n) is 2.59. The molecule has 0 saturated heterocycles. The number of nitrogens with one attached hydrogen (secondary N) is 1. The Hall–Kier alpha value is -3.43. The lowest BCUT2D eigenvalue weighted by atomic mass is 10.1. The van der Waals surface area contributed by atoms with Gasteiger partial charge in [-0.25, -0.2) is 4.79 Å². The van der Waals surface area contributed by atoms with E-state index in [-0.39, 0.29) is 18.9 Å². The molecule has 3 rings (SSSR count). The third-order valence-corrected chi connectivity index (χ3v) is 4.16. The van der Waals surface area contributed by atoms with E-state index in [1.54, 1.807) is 18.2 Å². The lowest BCUT2D eigenvalue weighted by Crippen LogP contribution is -2.35. The molecule has 154 valence electrons. The largest absolute Gasteiger partial charge is 0.454 e. The molecule has 1 aliphatic heterocycles. The second-order valence-electron chi connectivity index (χ2n) is 6.25. The van der Waals surface area contributed by atoms with Crippen molar-refractivity contribution in [1.29, 1.82) is 0 Å². The number of nitrogen functional groups attached to an aromatic ring is 1. The number of carbonyl (C=O) groups is 2. The summed E-state index contributed by atoms with van der Waals surface area (Å²) in [5, 5.41) is 2.60. The molecule has 0 aliphatic carbocycles. The van der Waals surface area contributed by atoms with Crippen molar-refractivity contribution in [1.82, 2.24) is 5.32 Å². The smallest absolute Gasteiger partial charge is 0.416 e. The first kappa shape index (κ1) is 20.3. The van der Waals surface area contributed by atoms with E-state index in [4.69, 9.17) is 19.9 Å². The lowest BCUT2D eigenvalue weighted by molar-refractivity contribution is -0.137. The van der Waals surface area contributed by atoms with E-state index < -0.39 is 35.4 Å². The van der Waals surface area contributed by atoms with Crippen molar-refractivity contribution < 1.29 is 37.0 Å². The summed E-state index contributed by atoms with van der Waals surface area (Å²) < 4.78 is 53.5. The maximum atomic E-state index is 12.7. The summed E-state index contributed by atoms with van der Waals surface area (Å²) in [7, 11) is 0. The van der Waals surface area contributed by atoms with Crippen molar-refractivity contribution in [3.05, 3.63) is 53.1 Å². The number of carbonyl (C=O) groups excluding carboxylic acids is 2. The van der Waals surface area contributed by atoms with Gasteiger partial charge < -0.3 is 25.3 Å². The Labute approximate surface area is 163 Å². The molecular weight excluding hydrogens is 393 g/mol. The second kappa shape index (κ2) is 7.90. The molecule has 0 radical (unpaired) electrons. The van der Waals surface area contributed by atoms with Crippen molar-refractivity contribution in [3.63, 3.8) is 0 Å². The minimum atomic E-state index is -4.58. The minimum Gasteiger partial charge on any atom is -0.454 e. The maximum absolute atomic E-state index is 12.7. The fourth-order valence-corrected chi connectivity index (χ4v) is 2.59. The standard InChI is InChI=1S/C19H17F3N2O5/c1-10(17(25)24-8-11-2-5-15-16(6-11)28-9-27-15)29-18(26)13-4-3-12(7-14(13)23)19(20,21)22/h2-7,10H,8-9,23H2,1H3,(H,24,25)/t10-/m1/s1. The van der Waals surface area contributed by atoms with Crippen molar-refractivity contribution in [2.45, 2.75) is 25.7 Å². The molecule has 2 aromatic carbocycles. The van der Waals surface area contributed by atoms with Crippen LogP contribution in [0.15, 0.2) is 36.4 Å². The summed E-state index contributed by atoms with van der Waals surface area (Å²) in [4.78, 5) is 24.3. The molecule has 10 heteroatoms. The summed E-state index contributed by atoms with van der Waals surface area (Å²) >= 11 is 0. The molecule has 0 aromatic heterocycles. The fraction of sp³-hybridized carbons (Fsp3) is 0.263. The van der Waals surface area contributed by atoms with Crippen LogP contribution in [0, 0.1) is 0 Å². The lowest BCUT2D eigenvalue weighted by Gasteiger charge is -2.15. The van der Waals surface area contributed by atoms with Gasteiger partial charge in [-0.05, 0) is 42.8 Å². The van der Waals surface area contributed by atoms with Gasteiger partial charge in [0.15, 0.2) is 17.6 Å². The molecule has 7 nitrogen and oxygen atoms in total. The normalized spacial score (nSPS) is 13.7. The Morgan fingerprint density at radius 2 is 1.90 bits per heavy atom. The molecule has 1 aliphatic rings. The van der Waals surface area contributed by atoms with Gasteiger partial charge in [-0.2, -0.15) is 13.2 Å². The van der Waals surface area contributed by atoms with Crippen LogP contribution in [0.5, 0.6) is 11.5 Å². The van der Waals surface area contributed by atoms with Crippen LogP contribution in [0.2, 0.25) is 0 Å². The van der Waals surface area contributed by atoms with Crippen LogP contribution in [-0.4, -0.2) is 24.8 Å². The summed E-state index contributed by atoms with van der Waals surface area (Å²) in [6, 6.07) is 7.44. The SMILES string of the molecule is C[C@@H](OC(=O)c1ccc(C(F)(F)F)cc1N)C(=O)NCc1ccc2c(c1)OCO2. The Balaban J connectivity index is 1.57. The van der Waals surface area contributed by atoms with Crippen molar-refractivity contribution in [2.24, 2.45) is 0 Å². The highest BCUT2D eigenvalue weighted by Crippen LogP contribution is 2.33. The van der Waals surface area contributed by atoms with Crippen LogP contribution in [0.3, 0.4) is 0 Å². The van der Waals surface area contributed by atoms with Gasteiger partial charge in [0.1, 0.15) is 0 Å². The average molecular weight is 410 g/mol. The van der Waals surface area contributed by atoms with E-state index in [9.17, 15) is 22.8 Å². The average Bonchev–Trinajstić information content (AvgIpc) is 3.12. The van der Waals surface area contributed by atoms with E-state index in [2.05, 4.69) is 5.32 Å².